The maximum absolute atomic E-state index is 12.1. The van der Waals surface area contributed by atoms with Crippen molar-refractivity contribution >= 4 is 21.5 Å². The smallest absolute Gasteiger partial charge is 0.279 e. The first-order chi connectivity index (χ1) is 10.1. The van der Waals surface area contributed by atoms with Gasteiger partial charge in [0, 0.05) is 36.5 Å². The summed E-state index contributed by atoms with van der Waals surface area (Å²) in [5.74, 6) is 5.78. The monoisotopic (exact) mass is 330 g/mol. The van der Waals surface area contributed by atoms with Crippen LogP contribution in [0.4, 0.5) is 0 Å². The molecule has 1 aliphatic rings. The number of thiophene rings is 1. The summed E-state index contributed by atoms with van der Waals surface area (Å²) in [5.41, 5.74) is 0.804. The molecule has 0 radical (unpaired) electrons. The van der Waals surface area contributed by atoms with E-state index in [9.17, 15) is 8.42 Å². The Morgan fingerprint density at radius 2 is 2.19 bits per heavy atom. The summed E-state index contributed by atoms with van der Waals surface area (Å²) in [7, 11) is -3.48. The Labute approximate surface area is 128 Å². The lowest BCUT2D eigenvalue weighted by molar-refractivity contribution is 0.0725. The Morgan fingerprint density at radius 3 is 2.90 bits per heavy atom. The molecule has 0 atom stereocenters. The summed E-state index contributed by atoms with van der Waals surface area (Å²) in [5, 5.41) is 10.6. The number of hydrogen-bond donors (Lipinski definition) is 2. The molecule has 0 unspecified atom stereocenters. The molecule has 1 fully saturated rings. The van der Waals surface area contributed by atoms with Gasteiger partial charge < -0.3 is 9.84 Å². The van der Waals surface area contributed by atoms with Gasteiger partial charge in [-0.3, -0.25) is 0 Å². The summed E-state index contributed by atoms with van der Waals surface area (Å²) >= 11 is 1.46. The minimum atomic E-state index is -3.48. The predicted molar refractivity (Wildman–Crippen MR) is 81.1 cm³/mol. The van der Waals surface area contributed by atoms with Gasteiger partial charge in [-0.1, -0.05) is 11.8 Å². The van der Waals surface area contributed by atoms with Crippen LogP contribution in [0.15, 0.2) is 11.4 Å². The molecule has 1 aromatic rings. The van der Waals surface area contributed by atoms with Gasteiger partial charge in [0.25, 0.3) is 10.2 Å². The van der Waals surface area contributed by atoms with Crippen LogP contribution in [-0.2, 0) is 21.5 Å². The number of ether oxygens (including phenoxy) is 1. The lowest BCUT2D eigenvalue weighted by Gasteiger charge is -2.25. The van der Waals surface area contributed by atoms with E-state index >= 15 is 0 Å². The number of aliphatic hydroxyl groups is 1. The maximum Gasteiger partial charge on any atom is 0.279 e. The summed E-state index contributed by atoms with van der Waals surface area (Å²) in [4.78, 5) is 0.872. The van der Waals surface area contributed by atoms with E-state index in [-0.39, 0.29) is 13.2 Å². The summed E-state index contributed by atoms with van der Waals surface area (Å²) in [6.07, 6.45) is 0.411. The largest absolute Gasteiger partial charge is 0.395 e. The minimum absolute atomic E-state index is 0.0239. The molecule has 6 nitrogen and oxygen atoms in total. The minimum Gasteiger partial charge on any atom is -0.395 e. The highest BCUT2D eigenvalue weighted by atomic mass is 32.2. The molecule has 0 bridgehead atoms. The van der Waals surface area contributed by atoms with Gasteiger partial charge in [0.05, 0.1) is 19.8 Å². The van der Waals surface area contributed by atoms with Crippen LogP contribution in [0.2, 0.25) is 0 Å². The van der Waals surface area contributed by atoms with Crippen molar-refractivity contribution < 1.29 is 18.3 Å². The summed E-state index contributed by atoms with van der Waals surface area (Å²) in [6.45, 7) is 1.86. The molecule has 0 saturated carbocycles. The molecular weight excluding hydrogens is 312 g/mol. The van der Waals surface area contributed by atoms with Crippen molar-refractivity contribution in [3.05, 3.63) is 21.9 Å². The number of aliphatic hydroxyl groups excluding tert-OH is 1. The van der Waals surface area contributed by atoms with Crippen LogP contribution in [0, 0.1) is 11.8 Å². The van der Waals surface area contributed by atoms with Gasteiger partial charge in [-0.05, 0) is 11.4 Å². The highest BCUT2D eigenvalue weighted by Gasteiger charge is 2.24. The molecule has 0 aromatic carbocycles. The second-order valence-electron chi connectivity index (χ2n) is 4.37. The quantitative estimate of drug-likeness (QED) is 0.753. The van der Waals surface area contributed by atoms with E-state index < -0.39 is 10.2 Å². The van der Waals surface area contributed by atoms with Gasteiger partial charge in [0.2, 0.25) is 0 Å². The summed E-state index contributed by atoms with van der Waals surface area (Å²) in [6, 6.07) is 1.85. The van der Waals surface area contributed by atoms with E-state index in [1.54, 1.807) is 0 Å². The van der Waals surface area contributed by atoms with Crippen molar-refractivity contribution in [1.29, 1.82) is 0 Å². The molecule has 2 N–H and O–H groups in total. The SMILES string of the molecule is O=S(=O)(NCc1sccc1C#CCCO)N1CCOCC1. The zero-order chi connectivity index (χ0) is 15.1. The van der Waals surface area contributed by atoms with Gasteiger partial charge >= 0.3 is 0 Å². The fraction of sp³-hybridized carbons (Fsp3) is 0.538. The van der Waals surface area contributed by atoms with Crippen LogP contribution < -0.4 is 4.72 Å². The lowest BCUT2D eigenvalue weighted by atomic mass is 10.2. The van der Waals surface area contributed by atoms with E-state index in [1.807, 2.05) is 11.4 Å². The molecule has 0 aliphatic carbocycles. The van der Waals surface area contributed by atoms with Crippen LogP contribution in [-0.4, -0.2) is 50.7 Å². The second kappa shape index (κ2) is 7.89. The molecule has 8 heteroatoms. The molecule has 0 spiro atoms. The Kier molecular flexibility index (Phi) is 6.17. The average Bonchev–Trinajstić information content (AvgIpc) is 2.94. The van der Waals surface area contributed by atoms with Crippen LogP contribution in [0.25, 0.3) is 0 Å². The van der Waals surface area contributed by atoms with E-state index in [0.29, 0.717) is 32.7 Å². The Hall–Kier alpha value is -0.950. The molecular formula is C13H18N2O4S2. The van der Waals surface area contributed by atoms with Gasteiger partial charge in [0.1, 0.15) is 0 Å². The fourth-order valence-electron chi connectivity index (χ4n) is 1.84. The van der Waals surface area contributed by atoms with E-state index in [1.165, 1.54) is 15.6 Å². The highest BCUT2D eigenvalue weighted by Crippen LogP contribution is 2.16. The third-order valence-electron chi connectivity index (χ3n) is 2.93. The van der Waals surface area contributed by atoms with Gasteiger partial charge in [-0.2, -0.15) is 17.4 Å². The molecule has 1 aromatic heterocycles. The second-order valence-corrected chi connectivity index (χ2v) is 7.13. The van der Waals surface area contributed by atoms with Crippen LogP contribution in [0.5, 0.6) is 0 Å². The normalized spacial score (nSPS) is 16.4. The molecule has 116 valence electrons. The van der Waals surface area contributed by atoms with Crippen molar-refractivity contribution in [2.45, 2.75) is 13.0 Å². The van der Waals surface area contributed by atoms with Gasteiger partial charge in [-0.25, -0.2) is 0 Å². The zero-order valence-electron chi connectivity index (χ0n) is 11.5. The third-order valence-corrected chi connectivity index (χ3v) is 5.41. The standard InChI is InChI=1S/C13H18N2O4S2/c16-7-2-1-3-12-4-10-20-13(12)11-14-21(17,18)15-5-8-19-9-6-15/h4,10,14,16H,2,5-9,11H2. The molecule has 1 saturated heterocycles. The number of rotatable bonds is 5. The van der Waals surface area contributed by atoms with Crippen LogP contribution in [0.3, 0.4) is 0 Å². The predicted octanol–water partition coefficient (Wildman–Crippen LogP) is 0.149. The van der Waals surface area contributed by atoms with Crippen LogP contribution >= 0.6 is 11.3 Å². The number of nitrogens with one attached hydrogen (secondary N) is 1. The third kappa shape index (κ3) is 4.78. The van der Waals surface area contributed by atoms with E-state index in [2.05, 4.69) is 16.6 Å². The van der Waals surface area contributed by atoms with Crippen molar-refractivity contribution in [3.8, 4) is 11.8 Å². The lowest BCUT2D eigenvalue weighted by Crippen LogP contribution is -2.46. The molecule has 1 aliphatic heterocycles. The first-order valence-corrected chi connectivity index (χ1v) is 8.94. The maximum atomic E-state index is 12.1. The summed E-state index contributed by atoms with van der Waals surface area (Å²) < 4.78 is 33.4. The Morgan fingerprint density at radius 1 is 1.43 bits per heavy atom. The average molecular weight is 330 g/mol. The number of morpholine rings is 1. The number of hydrogen-bond acceptors (Lipinski definition) is 5. The molecule has 0 amide bonds. The molecule has 21 heavy (non-hydrogen) atoms. The fourth-order valence-corrected chi connectivity index (χ4v) is 3.84. The Balaban J connectivity index is 1.97. The molecule has 2 heterocycles. The number of nitrogens with zero attached hydrogens (tertiary/aromatic N) is 1. The van der Waals surface area contributed by atoms with Crippen molar-refractivity contribution in [3.63, 3.8) is 0 Å². The van der Waals surface area contributed by atoms with Crippen molar-refractivity contribution in [1.82, 2.24) is 9.03 Å². The Bertz CT molecular complexity index is 610. The zero-order valence-corrected chi connectivity index (χ0v) is 13.2. The molecule has 2 rings (SSSR count). The van der Waals surface area contributed by atoms with Crippen LogP contribution in [0.1, 0.15) is 16.9 Å². The van der Waals surface area contributed by atoms with Gasteiger partial charge in [0.15, 0.2) is 0 Å². The van der Waals surface area contributed by atoms with Crippen molar-refractivity contribution in [2.24, 2.45) is 0 Å². The van der Waals surface area contributed by atoms with Gasteiger partial charge in [-0.15, -0.1) is 11.3 Å². The van der Waals surface area contributed by atoms with Crippen molar-refractivity contribution in [2.75, 3.05) is 32.9 Å². The van der Waals surface area contributed by atoms with E-state index in [4.69, 9.17) is 9.84 Å². The first kappa shape index (κ1) is 16.4. The highest BCUT2D eigenvalue weighted by molar-refractivity contribution is 7.87. The van der Waals surface area contributed by atoms with E-state index in [0.717, 1.165) is 10.4 Å². The first-order valence-electron chi connectivity index (χ1n) is 6.62. The topological polar surface area (TPSA) is 78.9 Å².